The molecule has 0 atom stereocenters. The van der Waals surface area contributed by atoms with Gasteiger partial charge in [-0.1, -0.05) is 25.0 Å². The summed E-state index contributed by atoms with van der Waals surface area (Å²) in [6, 6.07) is 0. The number of hydrogen-bond acceptors (Lipinski definition) is 0. The van der Waals surface area contributed by atoms with Crippen molar-refractivity contribution in [2.45, 2.75) is 25.7 Å². The Bertz CT molecular complexity index is 151. The van der Waals surface area contributed by atoms with Gasteiger partial charge in [-0.3, -0.25) is 0 Å². The van der Waals surface area contributed by atoms with E-state index in [1.807, 2.05) is 0 Å². The second-order valence-corrected chi connectivity index (χ2v) is 5.11. The first-order chi connectivity index (χ1) is 5.93. The van der Waals surface area contributed by atoms with E-state index in [1.54, 1.807) is 0 Å². The van der Waals surface area contributed by atoms with Gasteiger partial charge >= 0.3 is 0 Å². The summed E-state index contributed by atoms with van der Waals surface area (Å²) in [6.07, 6.45) is 8.81. The zero-order valence-corrected chi connectivity index (χ0v) is 8.30. The summed E-state index contributed by atoms with van der Waals surface area (Å²) in [6.45, 7) is 0.106. The Morgan fingerprint density at radius 1 is 0.917 bits per heavy atom. The molecule has 0 unspecified atom stereocenters. The number of unbranched alkanes of at least 4 members (excludes halogenated alkanes) is 3. The lowest BCUT2D eigenvalue weighted by Gasteiger charge is -2.08. The molecule has 1 aliphatic heterocycles. The molecule has 69 valence electrons. The molecule has 0 saturated carbocycles. The second-order valence-electron chi connectivity index (χ2n) is 3.04. The van der Waals surface area contributed by atoms with Gasteiger partial charge in [-0.25, -0.2) is 16.0 Å². The van der Waals surface area contributed by atoms with E-state index in [9.17, 15) is 5.11 Å². The highest BCUT2D eigenvalue weighted by atomic mass is 32.2. The van der Waals surface area contributed by atoms with Crippen LogP contribution in [0.5, 0.6) is 0 Å². The zero-order chi connectivity index (χ0) is 8.65. The molecule has 0 aromatic heterocycles. The van der Waals surface area contributed by atoms with Crippen molar-refractivity contribution in [3.05, 3.63) is 23.0 Å². The number of hydrogen-bond donors (Lipinski definition) is 1. The lowest BCUT2D eigenvalue weighted by Crippen LogP contribution is -1.85. The van der Waals surface area contributed by atoms with Crippen molar-refractivity contribution in [2.24, 2.45) is 0 Å². The molecule has 0 fully saturated rings. The zero-order valence-electron chi connectivity index (χ0n) is 7.41. The van der Waals surface area contributed by atoms with E-state index in [0.717, 1.165) is 12.8 Å². The normalized spacial score (nSPS) is 17.6. The molecule has 1 heterocycles. The Kier molecular flexibility index (Phi) is 5.20. The van der Waals surface area contributed by atoms with Crippen LogP contribution in [-0.4, -0.2) is 12.4 Å². The number of allylic oxidation sites excluding steroid dienone is 2. The third-order valence-electron chi connectivity index (χ3n) is 1.98. The van der Waals surface area contributed by atoms with E-state index in [4.69, 9.17) is 0 Å². The van der Waals surface area contributed by atoms with Crippen molar-refractivity contribution in [1.82, 2.24) is 0 Å². The highest BCUT2D eigenvalue weighted by Gasteiger charge is 1.98. The van der Waals surface area contributed by atoms with Crippen LogP contribution in [-0.2, 0) is 5.11 Å². The SMILES string of the molecule is [O]CCCCCC[SH]1C=CC=C1. The highest BCUT2D eigenvalue weighted by molar-refractivity contribution is 8.22. The summed E-state index contributed by atoms with van der Waals surface area (Å²) in [4.78, 5) is 0. The minimum Gasteiger partial charge on any atom is -0.237 e. The van der Waals surface area contributed by atoms with Crippen molar-refractivity contribution in [3.8, 4) is 0 Å². The summed E-state index contributed by atoms with van der Waals surface area (Å²) >= 11 is 0. The fourth-order valence-corrected chi connectivity index (χ4v) is 2.90. The van der Waals surface area contributed by atoms with Crippen LogP contribution in [0.25, 0.3) is 0 Å². The monoisotopic (exact) mass is 185 g/mol. The molecular weight excluding hydrogens is 168 g/mol. The number of thiol groups is 1. The van der Waals surface area contributed by atoms with Crippen molar-refractivity contribution < 1.29 is 5.11 Å². The Balaban J connectivity index is 1.89. The molecule has 12 heavy (non-hydrogen) atoms. The fraction of sp³-hybridized carbons (Fsp3) is 0.600. The maximum Gasteiger partial charge on any atom is 0.0822 e. The van der Waals surface area contributed by atoms with Gasteiger partial charge in [0.2, 0.25) is 0 Å². The lowest BCUT2D eigenvalue weighted by molar-refractivity contribution is 0.186. The van der Waals surface area contributed by atoms with Gasteiger partial charge in [-0.2, -0.15) is 0 Å². The molecule has 0 aromatic rings. The summed E-state index contributed by atoms with van der Waals surface area (Å²) < 4.78 is 0. The van der Waals surface area contributed by atoms with Crippen LogP contribution >= 0.6 is 10.9 Å². The van der Waals surface area contributed by atoms with E-state index in [2.05, 4.69) is 23.0 Å². The van der Waals surface area contributed by atoms with Crippen molar-refractivity contribution in [3.63, 3.8) is 0 Å². The Labute approximate surface area is 77.5 Å². The van der Waals surface area contributed by atoms with E-state index in [1.165, 1.54) is 18.6 Å². The molecule has 0 spiro atoms. The average Bonchev–Trinajstić information content (AvgIpc) is 2.57. The molecule has 0 saturated heterocycles. The third kappa shape index (κ3) is 3.98. The van der Waals surface area contributed by atoms with Gasteiger partial charge in [0.05, 0.1) is 6.61 Å². The van der Waals surface area contributed by atoms with Gasteiger partial charge in [0, 0.05) is 0 Å². The Morgan fingerprint density at radius 2 is 1.58 bits per heavy atom. The van der Waals surface area contributed by atoms with Crippen molar-refractivity contribution >= 4 is 10.9 Å². The molecule has 2 heteroatoms. The van der Waals surface area contributed by atoms with Gasteiger partial charge < -0.3 is 0 Å². The predicted octanol–water partition coefficient (Wildman–Crippen LogP) is 3.02. The molecule has 0 N–H and O–H groups in total. The van der Waals surface area contributed by atoms with Crippen LogP contribution < -0.4 is 0 Å². The molecule has 0 amide bonds. The summed E-state index contributed by atoms with van der Waals surface area (Å²) in [5, 5.41) is 14.7. The second kappa shape index (κ2) is 6.32. The van der Waals surface area contributed by atoms with Crippen LogP contribution in [0.1, 0.15) is 25.7 Å². The van der Waals surface area contributed by atoms with E-state index in [0.29, 0.717) is 0 Å². The molecule has 1 radical (unpaired) electrons. The third-order valence-corrected chi connectivity index (χ3v) is 3.92. The molecule has 0 aliphatic carbocycles. The predicted molar refractivity (Wildman–Crippen MR) is 56.2 cm³/mol. The summed E-state index contributed by atoms with van der Waals surface area (Å²) in [5.41, 5.74) is 0. The van der Waals surface area contributed by atoms with Crippen LogP contribution in [0, 0.1) is 0 Å². The van der Waals surface area contributed by atoms with Crippen LogP contribution in [0.4, 0.5) is 0 Å². The van der Waals surface area contributed by atoms with E-state index in [-0.39, 0.29) is 17.5 Å². The van der Waals surface area contributed by atoms with Crippen LogP contribution in [0.15, 0.2) is 23.0 Å². The summed E-state index contributed by atoms with van der Waals surface area (Å²) in [7, 11) is 0.0948. The van der Waals surface area contributed by atoms with E-state index < -0.39 is 0 Å². The largest absolute Gasteiger partial charge is 0.237 e. The first-order valence-corrected chi connectivity index (χ1v) is 6.29. The molecule has 1 nitrogen and oxygen atoms in total. The smallest absolute Gasteiger partial charge is 0.0822 e. The average molecular weight is 185 g/mol. The standard InChI is InChI=1S/C10H17OS/c11-7-3-1-2-4-8-12-9-5-6-10-12/h5-6,9-10,12H,1-4,7-8H2. The molecule has 0 bridgehead atoms. The first kappa shape index (κ1) is 9.87. The van der Waals surface area contributed by atoms with Gasteiger partial charge in [0.15, 0.2) is 0 Å². The van der Waals surface area contributed by atoms with Crippen LogP contribution in [0.2, 0.25) is 0 Å². The number of rotatable bonds is 6. The minimum atomic E-state index is 0.0948. The fourth-order valence-electron chi connectivity index (χ4n) is 1.27. The molecule has 0 aromatic carbocycles. The maximum absolute atomic E-state index is 10.1. The van der Waals surface area contributed by atoms with Gasteiger partial charge in [-0.15, -0.1) is 0 Å². The summed E-state index contributed by atoms with van der Waals surface area (Å²) in [5.74, 6) is 1.32. The van der Waals surface area contributed by atoms with E-state index >= 15 is 0 Å². The highest BCUT2D eigenvalue weighted by Crippen LogP contribution is 2.33. The first-order valence-electron chi connectivity index (χ1n) is 4.62. The van der Waals surface area contributed by atoms with Gasteiger partial charge in [0.25, 0.3) is 0 Å². The van der Waals surface area contributed by atoms with Crippen molar-refractivity contribution in [1.29, 1.82) is 0 Å². The Morgan fingerprint density at radius 3 is 2.25 bits per heavy atom. The van der Waals surface area contributed by atoms with Crippen LogP contribution in [0.3, 0.4) is 0 Å². The molecular formula is C10H17OS. The van der Waals surface area contributed by atoms with Crippen molar-refractivity contribution in [2.75, 3.05) is 12.4 Å². The minimum absolute atomic E-state index is 0.0948. The topological polar surface area (TPSA) is 19.9 Å². The maximum atomic E-state index is 10.1. The Hall–Kier alpha value is -0.210. The molecule has 1 rings (SSSR count). The van der Waals surface area contributed by atoms with Gasteiger partial charge in [0.1, 0.15) is 0 Å². The van der Waals surface area contributed by atoms with Gasteiger partial charge in [-0.05, 0) is 29.4 Å². The molecule has 1 aliphatic rings. The lowest BCUT2D eigenvalue weighted by atomic mass is 10.2. The quantitative estimate of drug-likeness (QED) is 0.485.